The Morgan fingerprint density at radius 1 is 1.38 bits per heavy atom. The van der Waals surface area contributed by atoms with Crippen molar-refractivity contribution in [3.63, 3.8) is 0 Å². The van der Waals surface area contributed by atoms with Crippen LogP contribution in [0.2, 0.25) is 5.02 Å². The molecule has 1 N–H and O–H groups in total. The van der Waals surface area contributed by atoms with E-state index in [0.717, 1.165) is 12.1 Å². The Morgan fingerprint density at radius 2 is 2.10 bits per heavy atom. The molecule has 0 radical (unpaired) electrons. The van der Waals surface area contributed by atoms with Gasteiger partial charge in [0.1, 0.15) is 0 Å². The average molecular weight is 315 g/mol. The van der Waals surface area contributed by atoms with Gasteiger partial charge in [0.2, 0.25) is 5.91 Å². The van der Waals surface area contributed by atoms with Gasteiger partial charge in [0, 0.05) is 20.6 Å². The molecule has 118 valence electrons. The predicted octanol–water partition coefficient (Wildman–Crippen LogP) is 2.32. The highest BCUT2D eigenvalue weighted by molar-refractivity contribution is 6.32. The van der Waals surface area contributed by atoms with Gasteiger partial charge in [-0.05, 0) is 24.2 Å². The third-order valence-electron chi connectivity index (χ3n) is 2.93. The lowest BCUT2D eigenvalue weighted by molar-refractivity contribution is -0.129. The van der Waals surface area contributed by atoms with Crippen LogP contribution in [0.5, 0.6) is 11.5 Å². The van der Waals surface area contributed by atoms with E-state index in [-0.39, 0.29) is 12.5 Å². The molecule has 0 aliphatic carbocycles. The summed E-state index contributed by atoms with van der Waals surface area (Å²) < 4.78 is 10.9. The van der Waals surface area contributed by atoms with E-state index in [2.05, 4.69) is 5.32 Å². The number of benzene rings is 1. The molecule has 0 spiro atoms. The van der Waals surface area contributed by atoms with Gasteiger partial charge in [0.25, 0.3) is 0 Å². The number of nitrogens with zero attached hydrogens (tertiary/aromatic N) is 1. The third kappa shape index (κ3) is 5.44. The first kappa shape index (κ1) is 17.6. The van der Waals surface area contributed by atoms with Crippen molar-refractivity contribution >= 4 is 17.5 Å². The average Bonchev–Trinajstić information content (AvgIpc) is 2.46. The Morgan fingerprint density at radius 3 is 2.67 bits per heavy atom. The summed E-state index contributed by atoms with van der Waals surface area (Å²) in [4.78, 5) is 13.0. The number of ether oxygens (including phenoxy) is 2. The molecule has 0 unspecified atom stereocenters. The summed E-state index contributed by atoms with van der Waals surface area (Å²) in [7, 11) is 5.00. The van der Waals surface area contributed by atoms with Gasteiger partial charge in [-0.3, -0.25) is 4.79 Å². The van der Waals surface area contributed by atoms with Gasteiger partial charge in [-0.2, -0.15) is 0 Å². The molecule has 0 atom stereocenters. The summed E-state index contributed by atoms with van der Waals surface area (Å²) in [5.41, 5.74) is 1.02. The van der Waals surface area contributed by atoms with Crippen molar-refractivity contribution in [2.45, 2.75) is 19.9 Å². The zero-order valence-corrected chi connectivity index (χ0v) is 13.8. The van der Waals surface area contributed by atoms with Crippen molar-refractivity contribution in [2.75, 3.05) is 34.4 Å². The maximum atomic E-state index is 11.5. The first-order chi connectivity index (χ1) is 9.99. The normalized spacial score (nSPS) is 10.3. The Balaban J connectivity index is 2.75. The van der Waals surface area contributed by atoms with Crippen molar-refractivity contribution in [1.29, 1.82) is 0 Å². The Hall–Kier alpha value is -1.46. The Kier molecular flexibility index (Phi) is 7.32. The van der Waals surface area contributed by atoms with Crippen LogP contribution in [0.1, 0.15) is 18.9 Å². The summed E-state index contributed by atoms with van der Waals surface area (Å²) in [5.74, 6) is 1.06. The van der Waals surface area contributed by atoms with Crippen LogP contribution >= 0.6 is 11.6 Å². The minimum atomic E-state index is 0.00820. The van der Waals surface area contributed by atoms with E-state index >= 15 is 0 Å². The number of carbonyl (C=O) groups excluding carboxylic acids is 1. The summed E-state index contributed by atoms with van der Waals surface area (Å²) in [6, 6.07) is 3.73. The summed E-state index contributed by atoms with van der Waals surface area (Å²) in [5, 5.41) is 3.71. The molecule has 0 aromatic heterocycles. The number of halogens is 1. The zero-order chi connectivity index (χ0) is 15.8. The monoisotopic (exact) mass is 314 g/mol. The number of amides is 1. The second-order valence-electron chi connectivity index (χ2n) is 4.78. The highest BCUT2D eigenvalue weighted by atomic mass is 35.5. The lowest BCUT2D eigenvalue weighted by Gasteiger charge is -2.15. The topological polar surface area (TPSA) is 50.8 Å². The van der Waals surface area contributed by atoms with Gasteiger partial charge < -0.3 is 19.7 Å². The predicted molar refractivity (Wildman–Crippen MR) is 84.2 cm³/mol. The molecule has 1 aromatic carbocycles. The van der Waals surface area contributed by atoms with Gasteiger partial charge in [-0.1, -0.05) is 18.5 Å². The second-order valence-corrected chi connectivity index (χ2v) is 5.18. The van der Waals surface area contributed by atoms with Crippen molar-refractivity contribution in [3.05, 3.63) is 22.7 Å². The molecule has 1 amide bonds. The lowest BCUT2D eigenvalue weighted by atomic mass is 10.2. The highest BCUT2D eigenvalue weighted by Crippen LogP contribution is 2.36. The fraction of sp³-hybridized carbons (Fsp3) is 0.533. The van der Waals surface area contributed by atoms with Crippen LogP contribution in [0.4, 0.5) is 0 Å². The minimum absolute atomic E-state index is 0.00820. The SMILES string of the molecule is CCNCc1cc(Cl)c(OCCC(=O)N(C)C)c(OC)c1. The van der Waals surface area contributed by atoms with Crippen molar-refractivity contribution < 1.29 is 14.3 Å². The highest BCUT2D eigenvalue weighted by Gasteiger charge is 2.13. The quantitative estimate of drug-likeness (QED) is 0.800. The maximum Gasteiger partial charge on any atom is 0.225 e. The minimum Gasteiger partial charge on any atom is -0.493 e. The van der Waals surface area contributed by atoms with E-state index in [1.165, 1.54) is 4.90 Å². The van der Waals surface area contributed by atoms with Gasteiger partial charge >= 0.3 is 0 Å². The molecule has 0 heterocycles. The summed E-state index contributed by atoms with van der Waals surface area (Å²) >= 11 is 6.24. The summed E-state index contributed by atoms with van der Waals surface area (Å²) in [6.45, 7) is 3.90. The van der Waals surface area contributed by atoms with Crippen molar-refractivity contribution in [2.24, 2.45) is 0 Å². The second kappa shape index (κ2) is 8.74. The van der Waals surface area contributed by atoms with Crippen LogP contribution in [0, 0.1) is 0 Å². The van der Waals surface area contributed by atoms with Gasteiger partial charge in [-0.25, -0.2) is 0 Å². The van der Waals surface area contributed by atoms with Crippen LogP contribution in [-0.2, 0) is 11.3 Å². The Bertz CT molecular complexity index is 478. The number of hydrogen-bond donors (Lipinski definition) is 1. The molecule has 0 aliphatic rings. The van der Waals surface area contributed by atoms with Gasteiger partial charge in [-0.15, -0.1) is 0 Å². The number of nitrogens with one attached hydrogen (secondary N) is 1. The van der Waals surface area contributed by atoms with Crippen LogP contribution in [0.15, 0.2) is 12.1 Å². The van der Waals surface area contributed by atoms with E-state index in [4.69, 9.17) is 21.1 Å². The van der Waals surface area contributed by atoms with Crippen LogP contribution in [0.25, 0.3) is 0 Å². The van der Waals surface area contributed by atoms with E-state index < -0.39 is 0 Å². The first-order valence-corrected chi connectivity index (χ1v) is 7.27. The number of methoxy groups -OCH3 is 1. The van der Waals surface area contributed by atoms with E-state index in [1.54, 1.807) is 21.2 Å². The van der Waals surface area contributed by atoms with Crippen LogP contribution in [-0.4, -0.2) is 45.2 Å². The largest absolute Gasteiger partial charge is 0.493 e. The first-order valence-electron chi connectivity index (χ1n) is 6.89. The molecular weight excluding hydrogens is 292 g/mol. The van der Waals surface area contributed by atoms with Crippen molar-refractivity contribution in [3.8, 4) is 11.5 Å². The molecule has 0 saturated heterocycles. The fourth-order valence-corrected chi connectivity index (χ4v) is 2.04. The third-order valence-corrected chi connectivity index (χ3v) is 3.21. The summed E-state index contributed by atoms with van der Waals surface area (Å²) in [6.07, 6.45) is 0.297. The van der Waals surface area contributed by atoms with Gasteiger partial charge in [0.05, 0.1) is 25.2 Å². The van der Waals surface area contributed by atoms with Crippen LogP contribution < -0.4 is 14.8 Å². The maximum absolute atomic E-state index is 11.5. The van der Waals surface area contributed by atoms with E-state index in [1.807, 2.05) is 19.1 Å². The molecule has 0 bridgehead atoms. The van der Waals surface area contributed by atoms with E-state index in [0.29, 0.717) is 29.5 Å². The molecular formula is C15H23ClN2O3. The molecule has 0 fully saturated rings. The number of rotatable bonds is 8. The smallest absolute Gasteiger partial charge is 0.225 e. The number of hydrogen-bond acceptors (Lipinski definition) is 4. The van der Waals surface area contributed by atoms with Crippen LogP contribution in [0.3, 0.4) is 0 Å². The molecule has 21 heavy (non-hydrogen) atoms. The molecule has 0 saturated carbocycles. The molecule has 1 aromatic rings. The Labute approximate surface area is 131 Å². The number of carbonyl (C=O) groups is 1. The fourth-order valence-electron chi connectivity index (χ4n) is 1.75. The molecule has 0 aliphatic heterocycles. The van der Waals surface area contributed by atoms with Crippen molar-refractivity contribution in [1.82, 2.24) is 10.2 Å². The molecule has 5 nitrogen and oxygen atoms in total. The molecule has 1 rings (SSSR count). The zero-order valence-electron chi connectivity index (χ0n) is 13.0. The molecule has 6 heteroatoms. The van der Waals surface area contributed by atoms with E-state index in [9.17, 15) is 4.79 Å². The standard InChI is InChI=1S/C15H23ClN2O3/c1-5-17-10-11-8-12(16)15(13(9-11)20-4)21-7-6-14(19)18(2)3/h8-9,17H,5-7,10H2,1-4H3. The van der Waals surface area contributed by atoms with Gasteiger partial charge in [0.15, 0.2) is 11.5 Å². The lowest BCUT2D eigenvalue weighted by Crippen LogP contribution is -2.23.